The average Bonchev–Trinajstić information content (AvgIpc) is 3.05. The zero-order valence-electron chi connectivity index (χ0n) is 15.4. The molecule has 140 valence electrons. The van der Waals surface area contributed by atoms with Crippen LogP contribution in [0.15, 0.2) is 42.5 Å². The van der Waals surface area contributed by atoms with Crippen LogP contribution in [0.1, 0.15) is 17.5 Å². The third-order valence-corrected chi connectivity index (χ3v) is 4.95. The molecule has 0 aliphatic heterocycles. The van der Waals surface area contributed by atoms with Crippen LogP contribution in [0.2, 0.25) is 0 Å². The Kier molecular flexibility index (Phi) is 5.83. The number of para-hydroxylation sites is 1. The Bertz CT molecular complexity index is 950. The molecule has 0 bridgehead atoms. The summed E-state index contributed by atoms with van der Waals surface area (Å²) >= 11 is 1.59. The summed E-state index contributed by atoms with van der Waals surface area (Å²) in [6, 6.07) is 13.2. The number of aryl methyl sites for hydroxylation is 1. The van der Waals surface area contributed by atoms with Crippen LogP contribution in [-0.2, 0) is 20.9 Å². The molecule has 3 rings (SSSR count). The first kappa shape index (κ1) is 19.0. The second kappa shape index (κ2) is 8.28. The van der Waals surface area contributed by atoms with Gasteiger partial charge in [-0.15, -0.1) is 11.3 Å². The number of rotatable bonds is 6. The highest BCUT2D eigenvalue weighted by Gasteiger charge is 2.21. The van der Waals surface area contributed by atoms with E-state index < -0.39 is 5.91 Å². The molecule has 2 amide bonds. The minimum absolute atomic E-state index is 0.158. The van der Waals surface area contributed by atoms with Crippen molar-refractivity contribution in [3.05, 3.63) is 53.0 Å². The number of imide groups is 1. The SMILES string of the molecule is COCC(=O)N(C(C)=O)c1ccc(OCc2nc3ccccc3s2)cc1C. The number of benzene rings is 2. The Labute approximate surface area is 161 Å². The van der Waals surface area contributed by atoms with Crippen LogP contribution in [0.5, 0.6) is 5.75 Å². The van der Waals surface area contributed by atoms with Gasteiger partial charge in [0.1, 0.15) is 24.0 Å². The lowest BCUT2D eigenvalue weighted by Gasteiger charge is -2.21. The van der Waals surface area contributed by atoms with Crippen LogP contribution in [0.4, 0.5) is 5.69 Å². The van der Waals surface area contributed by atoms with Gasteiger partial charge in [0.05, 0.1) is 15.9 Å². The fourth-order valence-electron chi connectivity index (χ4n) is 2.76. The lowest BCUT2D eigenvalue weighted by molar-refractivity contribution is -0.127. The molecule has 0 unspecified atom stereocenters. The maximum Gasteiger partial charge on any atom is 0.259 e. The van der Waals surface area contributed by atoms with Crippen LogP contribution in [0, 0.1) is 6.92 Å². The first-order chi connectivity index (χ1) is 13.0. The molecule has 7 heteroatoms. The van der Waals surface area contributed by atoms with E-state index in [0.717, 1.165) is 25.7 Å². The number of methoxy groups -OCH3 is 1. The van der Waals surface area contributed by atoms with Crippen LogP contribution >= 0.6 is 11.3 Å². The van der Waals surface area contributed by atoms with E-state index in [2.05, 4.69) is 4.98 Å². The molecule has 0 radical (unpaired) electrons. The first-order valence-corrected chi connectivity index (χ1v) is 9.21. The quantitative estimate of drug-likeness (QED) is 0.648. The van der Waals surface area contributed by atoms with Crippen LogP contribution < -0.4 is 9.64 Å². The summed E-state index contributed by atoms with van der Waals surface area (Å²) in [5.41, 5.74) is 2.25. The fraction of sp³-hybridized carbons (Fsp3) is 0.250. The normalized spacial score (nSPS) is 10.8. The second-order valence-corrected chi connectivity index (χ2v) is 7.11. The van der Waals surface area contributed by atoms with Crippen LogP contribution in [-0.4, -0.2) is 30.5 Å². The fourth-order valence-corrected chi connectivity index (χ4v) is 3.64. The van der Waals surface area contributed by atoms with Gasteiger partial charge in [0, 0.05) is 14.0 Å². The Morgan fingerprint density at radius 3 is 2.63 bits per heavy atom. The molecule has 6 nitrogen and oxygen atoms in total. The summed E-state index contributed by atoms with van der Waals surface area (Å²) in [6.07, 6.45) is 0. The van der Waals surface area contributed by atoms with E-state index in [9.17, 15) is 9.59 Å². The van der Waals surface area contributed by atoms with Gasteiger partial charge in [0.15, 0.2) is 0 Å². The molecule has 0 spiro atoms. The topological polar surface area (TPSA) is 68.7 Å². The zero-order chi connectivity index (χ0) is 19.4. The van der Waals surface area contributed by atoms with E-state index in [0.29, 0.717) is 18.0 Å². The summed E-state index contributed by atoms with van der Waals surface area (Å²) in [5.74, 6) is -0.113. The van der Waals surface area contributed by atoms with E-state index in [1.54, 1.807) is 29.5 Å². The first-order valence-electron chi connectivity index (χ1n) is 8.40. The predicted molar refractivity (Wildman–Crippen MR) is 105 cm³/mol. The number of anilines is 1. The third kappa shape index (κ3) is 4.32. The number of carbonyl (C=O) groups excluding carboxylic acids is 2. The second-order valence-electron chi connectivity index (χ2n) is 5.99. The van der Waals surface area contributed by atoms with E-state index in [4.69, 9.17) is 9.47 Å². The molecule has 3 aromatic rings. The summed E-state index contributed by atoms with van der Waals surface area (Å²) < 4.78 is 11.8. The van der Waals surface area contributed by atoms with Crippen LogP contribution in [0.3, 0.4) is 0 Å². The molecule has 0 N–H and O–H groups in total. The smallest absolute Gasteiger partial charge is 0.259 e. The molecule has 1 heterocycles. The Morgan fingerprint density at radius 1 is 1.19 bits per heavy atom. The van der Waals surface area contributed by atoms with Gasteiger partial charge in [-0.05, 0) is 42.8 Å². The van der Waals surface area contributed by atoms with Crippen molar-refractivity contribution in [2.75, 3.05) is 18.6 Å². The van der Waals surface area contributed by atoms with Crippen molar-refractivity contribution in [1.29, 1.82) is 0 Å². The average molecular weight is 384 g/mol. The molecule has 0 atom stereocenters. The molecule has 0 saturated heterocycles. The summed E-state index contributed by atoms with van der Waals surface area (Å²) in [5, 5.41) is 0.888. The van der Waals surface area contributed by atoms with Crippen molar-refractivity contribution < 1.29 is 19.1 Å². The molecular weight excluding hydrogens is 364 g/mol. The number of amides is 2. The van der Waals surface area contributed by atoms with E-state index >= 15 is 0 Å². The molecular formula is C20H20N2O4S. The lowest BCUT2D eigenvalue weighted by Crippen LogP contribution is -2.38. The number of carbonyl (C=O) groups is 2. The van der Waals surface area contributed by atoms with Crippen LogP contribution in [0.25, 0.3) is 10.2 Å². The van der Waals surface area contributed by atoms with Gasteiger partial charge < -0.3 is 9.47 Å². The molecule has 27 heavy (non-hydrogen) atoms. The predicted octanol–water partition coefficient (Wildman–Crippen LogP) is 3.71. The van der Waals surface area contributed by atoms with Gasteiger partial charge in [-0.3, -0.25) is 9.59 Å². The van der Waals surface area contributed by atoms with Crippen molar-refractivity contribution in [2.45, 2.75) is 20.5 Å². The van der Waals surface area contributed by atoms with Crippen molar-refractivity contribution in [3.63, 3.8) is 0 Å². The van der Waals surface area contributed by atoms with Crippen molar-refractivity contribution in [1.82, 2.24) is 4.98 Å². The minimum atomic E-state index is -0.406. The number of aromatic nitrogens is 1. The van der Waals surface area contributed by atoms with Gasteiger partial charge in [0.2, 0.25) is 5.91 Å². The summed E-state index contributed by atoms with van der Waals surface area (Å²) in [7, 11) is 1.42. The number of hydrogen-bond donors (Lipinski definition) is 0. The molecule has 0 aliphatic carbocycles. The van der Waals surface area contributed by atoms with E-state index in [1.807, 2.05) is 31.2 Å². The van der Waals surface area contributed by atoms with Crippen molar-refractivity contribution in [2.24, 2.45) is 0 Å². The molecule has 1 aromatic heterocycles. The summed E-state index contributed by atoms with van der Waals surface area (Å²) in [4.78, 5) is 29.7. The monoisotopic (exact) mass is 384 g/mol. The lowest BCUT2D eigenvalue weighted by atomic mass is 10.1. The van der Waals surface area contributed by atoms with Gasteiger partial charge in [-0.1, -0.05) is 12.1 Å². The zero-order valence-corrected chi connectivity index (χ0v) is 16.2. The van der Waals surface area contributed by atoms with Gasteiger partial charge >= 0.3 is 0 Å². The number of ether oxygens (including phenoxy) is 2. The number of nitrogens with zero attached hydrogens (tertiary/aromatic N) is 2. The van der Waals surface area contributed by atoms with Gasteiger partial charge in [-0.25, -0.2) is 9.88 Å². The number of thiazole rings is 1. The molecule has 0 saturated carbocycles. The van der Waals surface area contributed by atoms with Gasteiger partial charge in [0.25, 0.3) is 5.91 Å². The molecule has 2 aromatic carbocycles. The third-order valence-electron chi connectivity index (χ3n) is 3.94. The number of hydrogen-bond acceptors (Lipinski definition) is 6. The number of fused-ring (bicyclic) bond motifs is 1. The Morgan fingerprint density at radius 2 is 1.96 bits per heavy atom. The minimum Gasteiger partial charge on any atom is -0.486 e. The van der Waals surface area contributed by atoms with Gasteiger partial charge in [-0.2, -0.15) is 0 Å². The largest absolute Gasteiger partial charge is 0.486 e. The summed E-state index contributed by atoms with van der Waals surface area (Å²) in [6.45, 7) is 3.38. The van der Waals surface area contributed by atoms with E-state index in [1.165, 1.54) is 14.0 Å². The van der Waals surface area contributed by atoms with Crippen molar-refractivity contribution >= 4 is 39.1 Å². The molecule has 0 aliphatic rings. The maximum absolute atomic E-state index is 12.2. The maximum atomic E-state index is 12.2. The van der Waals surface area contributed by atoms with E-state index in [-0.39, 0.29) is 12.5 Å². The highest BCUT2D eigenvalue weighted by molar-refractivity contribution is 7.18. The Balaban J connectivity index is 1.75. The highest BCUT2D eigenvalue weighted by atomic mass is 32.1. The van der Waals surface area contributed by atoms with Crippen molar-refractivity contribution in [3.8, 4) is 5.75 Å². The highest BCUT2D eigenvalue weighted by Crippen LogP contribution is 2.27. The molecule has 0 fully saturated rings. The Hall–Kier alpha value is -2.77. The standard InChI is InChI=1S/C20H20N2O4S/c1-13-10-15(8-9-17(13)22(14(2)23)20(24)12-25-3)26-11-19-21-16-6-4-5-7-18(16)27-19/h4-10H,11-12H2,1-3H3.